The average Bonchev–Trinajstić information content (AvgIpc) is 3.27. The molecule has 11 heteroatoms. The Morgan fingerprint density at radius 3 is 2.69 bits per heavy atom. The number of ether oxygens (including phenoxy) is 2. The molecule has 0 amide bonds. The summed E-state index contributed by atoms with van der Waals surface area (Å²) in [6.07, 6.45) is 3.31. The van der Waals surface area contributed by atoms with E-state index in [0.29, 0.717) is 5.56 Å². The number of aromatic nitrogens is 1. The maximum absolute atomic E-state index is 11.9. The maximum atomic E-state index is 11.9. The molecule has 0 unspecified atom stereocenters. The number of methoxy groups -OCH3 is 1. The van der Waals surface area contributed by atoms with Crippen molar-refractivity contribution in [1.29, 1.82) is 0 Å². The van der Waals surface area contributed by atoms with Gasteiger partial charge in [-0.3, -0.25) is 10.1 Å². The third kappa shape index (κ3) is 4.73. The van der Waals surface area contributed by atoms with Crippen LogP contribution in [0.25, 0.3) is 17.4 Å². The Morgan fingerprint density at radius 2 is 2.03 bits per heavy atom. The van der Waals surface area contributed by atoms with Gasteiger partial charge in [0.1, 0.15) is 12.4 Å². The zero-order valence-corrected chi connectivity index (χ0v) is 16.5. The largest absolute Gasteiger partial charge is 0.501 e. The van der Waals surface area contributed by atoms with E-state index in [2.05, 4.69) is 9.89 Å². The van der Waals surface area contributed by atoms with E-state index < -0.39 is 33.9 Å². The van der Waals surface area contributed by atoms with E-state index in [1.165, 1.54) is 12.1 Å². The lowest BCUT2D eigenvalue weighted by Gasteiger charge is -2.10. The quantitative estimate of drug-likeness (QED) is 0.301. The molecule has 3 aromatic rings. The second-order valence-electron chi connectivity index (χ2n) is 6.28. The fraction of sp³-hybridized carbons (Fsp3) is 0.0952. The first-order chi connectivity index (χ1) is 15.3. The van der Waals surface area contributed by atoms with Crippen LogP contribution in [0.3, 0.4) is 0 Å². The minimum absolute atomic E-state index is 0.0308. The number of hydrogen-bond donors (Lipinski definition) is 2. The summed E-state index contributed by atoms with van der Waals surface area (Å²) in [6, 6.07) is 10.5. The van der Waals surface area contributed by atoms with Gasteiger partial charge in [0, 0.05) is 17.7 Å². The summed E-state index contributed by atoms with van der Waals surface area (Å²) in [6.45, 7) is -0.0308. The number of nitro benzene ring substituents is 1. The van der Waals surface area contributed by atoms with Gasteiger partial charge in [0.2, 0.25) is 5.75 Å². The fourth-order valence-electron chi connectivity index (χ4n) is 2.76. The van der Waals surface area contributed by atoms with Gasteiger partial charge in [-0.2, -0.15) is 0 Å². The van der Waals surface area contributed by atoms with Crippen molar-refractivity contribution in [2.24, 2.45) is 0 Å². The molecule has 0 aliphatic rings. The summed E-state index contributed by atoms with van der Waals surface area (Å²) in [7, 11) is 1.07. The van der Waals surface area contributed by atoms with E-state index in [4.69, 9.17) is 14.4 Å². The Balaban J connectivity index is 1.75. The molecular weight excluding hydrogens is 424 g/mol. The number of nitro groups is 1. The monoisotopic (exact) mass is 440 g/mol. The molecular formula is C21H16N2O9. The minimum atomic E-state index is -1.20. The predicted molar refractivity (Wildman–Crippen MR) is 110 cm³/mol. The molecule has 0 atom stereocenters. The van der Waals surface area contributed by atoms with Crippen molar-refractivity contribution in [3.8, 4) is 22.8 Å². The van der Waals surface area contributed by atoms with Gasteiger partial charge in [-0.25, -0.2) is 9.59 Å². The Hall–Kier alpha value is -4.67. The highest BCUT2D eigenvalue weighted by molar-refractivity contribution is 5.97. The Labute approximate surface area is 180 Å². The smallest absolute Gasteiger partial charge is 0.358 e. The minimum Gasteiger partial charge on any atom is -0.501 e. The number of carbonyl (C=O) groups excluding carboxylic acids is 1. The van der Waals surface area contributed by atoms with Crippen molar-refractivity contribution >= 4 is 23.7 Å². The number of benzene rings is 2. The summed E-state index contributed by atoms with van der Waals surface area (Å²) in [5.74, 6) is -2.81. The van der Waals surface area contributed by atoms with Crippen LogP contribution in [0.5, 0.6) is 11.5 Å². The van der Waals surface area contributed by atoms with Gasteiger partial charge in [-0.1, -0.05) is 29.4 Å². The summed E-state index contributed by atoms with van der Waals surface area (Å²) in [5.41, 5.74) is 0.0442. The number of carbonyl (C=O) groups is 2. The first kappa shape index (κ1) is 22.0. The van der Waals surface area contributed by atoms with Crippen molar-refractivity contribution in [3.63, 3.8) is 0 Å². The second kappa shape index (κ2) is 9.43. The van der Waals surface area contributed by atoms with Gasteiger partial charge in [-0.15, -0.1) is 0 Å². The molecule has 1 heterocycles. The van der Waals surface area contributed by atoms with E-state index in [1.807, 2.05) is 0 Å². The SMILES string of the molecule is COC(=O)c1c(OCC=Cc2cccc(-c3cc(C(=O)O)no3)c2)ccc([N+](=O)[O-])c1O. The number of aromatic carboxylic acids is 1. The predicted octanol–water partition coefficient (Wildman–Crippen LogP) is 3.53. The van der Waals surface area contributed by atoms with Crippen LogP contribution >= 0.6 is 0 Å². The lowest BCUT2D eigenvalue weighted by atomic mass is 10.1. The Kier molecular flexibility index (Phi) is 6.49. The number of esters is 1. The number of rotatable bonds is 8. The van der Waals surface area contributed by atoms with Crippen LogP contribution < -0.4 is 4.74 Å². The highest BCUT2D eigenvalue weighted by Gasteiger charge is 2.26. The molecule has 0 bridgehead atoms. The van der Waals surface area contributed by atoms with Gasteiger partial charge in [-0.05, 0) is 23.8 Å². The Bertz CT molecular complexity index is 1210. The van der Waals surface area contributed by atoms with Crippen molar-refractivity contribution in [2.75, 3.05) is 13.7 Å². The summed E-state index contributed by atoms with van der Waals surface area (Å²) in [5, 5.41) is 33.5. The van der Waals surface area contributed by atoms with Crippen LogP contribution in [0, 0.1) is 10.1 Å². The third-order valence-corrected chi connectivity index (χ3v) is 4.25. The number of nitrogens with zero attached hydrogens (tertiary/aromatic N) is 2. The Morgan fingerprint density at radius 1 is 1.25 bits per heavy atom. The van der Waals surface area contributed by atoms with Crippen LogP contribution in [0.4, 0.5) is 5.69 Å². The molecule has 0 saturated carbocycles. The molecule has 3 rings (SSSR count). The van der Waals surface area contributed by atoms with Gasteiger partial charge >= 0.3 is 17.6 Å². The standard InChI is InChI=1S/C21H16N2O9/c1-30-21(27)18-16(8-7-15(19(18)24)23(28)29)31-9-3-5-12-4-2-6-13(10-12)17-11-14(20(25)26)22-32-17/h2-8,10-11,24H,9H2,1H3,(H,25,26). The van der Waals surface area contributed by atoms with Gasteiger partial charge in [0.05, 0.1) is 12.0 Å². The van der Waals surface area contributed by atoms with E-state index in [1.54, 1.807) is 36.4 Å². The van der Waals surface area contributed by atoms with Crippen LogP contribution in [0.15, 0.2) is 53.1 Å². The summed E-state index contributed by atoms with van der Waals surface area (Å²) in [4.78, 5) is 33.0. The molecule has 0 aliphatic heterocycles. The molecule has 0 aliphatic carbocycles. The second-order valence-corrected chi connectivity index (χ2v) is 6.28. The average molecular weight is 440 g/mol. The molecule has 0 spiro atoms. The molecule has 2 N–H and O–H groups in total. The van der Waals surface area contributed by atoms with Crippen molar-refractivity contribution in [2.45, 2.75) is 0 Å². The zero-order chi connectivity index (χ0) is 23.3. The first-order valence-corrected chi connectivity index (χ1v) is 9.00. The molecule has 11 nitrogen and oxygen atoms in total. The molecule has 164 valence electrons. The van der Waals surface area contributed by atoms with Crippen LogP contribution in [0.2, 0.25) is 0 Å². The molecule has 2 aromatic carbocycles. The van der Waals surface area contributed by atoms with Gasteiger partial charge in [0.15, 0.2) is 17.0 Å². The maximum Gasteiger partial charge on any atom is 0.358 e. The van der Waals surface area contributed by atoms with Gasteiger partial charge < -0.3 is 24.2 Å². The molecule has 0 radical (unpaired) electrons. The van der Waals surface area contributed by atoms with Crippen molar-refractivity contribution in [1.82, 2.24) is 5.16 Å². The van der Waals surface area contributed by atoms with Gasteiger partial charge in [0.25, 0.3) is 0 Å². The number of carboxylic acids is 1. The topological polar surface area (TPSA) is 162 Å². The number of hydrogen-bond acceptors (Lipinski definition) is 9. The van der Waals surface area contributed by atoms with Crippen LogP contribution in [-0.2, 0) is 4.74 Å². The lowest BCUT2D eigenvalue weighted by molar-refractivity contribution is -0.385. The molecule has 0 saturated heterocycles. The number of aromatic hydroxyl groups is 1. The lowest BCUT2D eigenvalue weighted by Crippen LogP contribution is -2.07. The number of phenolic OH excluding ortho intramolecular Hbond substituents is 1. The van der Waals surface area contributed by atoms with E-state index in [0.717, 1.165) is 18.7 Å². The molecule has 32 heavy (non-hydrogen) atoms. The first-order valence-electron chi connectivity index (χ1n) is 9.00. The third-order valence-electron chi connectivity index (χ3n) is 4.25. The fourth-order valence-corrected chi connectivity index (χ4v) is 2.76. The normalized spacial score (nSPS) is 10.8. The number of phenols is 1. The van der Waals surface area contributed by atoms with Crippen molar-refractivity contribution < 1.29 is 38.7 Å². The number of carboxylic acid groups (broad SMARTS) is 1. The molecule has 0 fully saturated rings. The molecule has 1 aromatic heterocycles. The van der Waals surface area contributed by atoms with Crippen LogP contribution in [-0.4, -0.2) is 45.9 Å². The highest BCUT2D eigenvalue weighted by Crippen LogP contribution is 2.36. The highest BCUT2D eigenvalue weighted by atomic mass is 16.6. The summed E-state index contributed by atoms with van der Waals surface area (Å²) < 4.78 is 15.1. The summed E-state index contributed by atoms with van der Waals surface area (Å²) >= 11 is 0. The van der Waals surface area contributed by atoms with Crippen molar-refractivity contribution in [3.05, 3.63) is 75.5 Å². The van der Waals surface area contributed by atoms with E-state index in [9.17, 15) is 24.8 Å². The zero-order valence-electron chi connectivity index (χ0n) is 16.5. The van der Waals surface area contributed by atoms with E-state index >= 15 is 0 Å². The van der Waals surface area contributed by atoms with E-state index in [-0.39, 0.29) is 23.8 Å². The van der Waals surface area contributed by atoms with Crippen LogP contribution in [0.1, 0.15) is 26.4 Å².